The average Bonchev–Trinajstić information content (AvgIpc) is 2.09. The quantitative estimate of drug-likeness (QED) is 0.883. The zero-order valence-electron chi connectivity index (χ0n) is 6.71. The van der Waals surface area contributed by atoms with Crippen molar-refractivity contribution in [3.63, 3.8) is 0 Å². The zero-order valence-corrected chi connectivity index (χ0v) is 9.12. The Balaban J connectivity index is 3.27. The number of nitrogens with one attached hydrogen (secondary N) is 1. The van der Waals surface area contributed by atoms with Crippen LogP contribution in [0.3, 0.4) is 0 Å². The summed E-state index contributed by atoms with van der Waals surface area (Å²) in [5, 5.41) is 0. The van der Waals surface area contributed by atoms with Gasteiger partial charge < -0.3 is 0 Å². The molecule has 0 saturated heterocycles. The molecular formula is C7H7BrFNO2S. The molecule has 72 valence electrons. The van der Waals surface area contributed by atoms with Gasteiger partial charge in [0.05, 0.1) is 9.37 Å². The molecule has 0 aliphatic heterocycles. The van der Waals surface area contributed by atoms with E-state index in [1.54, 1.807) is 0 Å². The Hall–Kier alpha value is -0.460. The lowest BCUT2D eigenvalue weighted by Crippen LogP contribution is -2.18. The Labute approximate surface area is 84.1 Å². The number of halogens is 2. The van der Waals surface area contributed by atoms with Crippen molar-refractivity contribution in [1.82, 2.24) is 4.72 Å². The summed E-state index contributed by atoms with van der Waals surface area (Å²) in [7, 11) is -2.19. The van der Waals surface area contributed by atoms with E-state index in [0.717, 1.165) is 6.07 Å². The first-order valence-corrected chi connectivity index (χ1v) is 5.63. The van der Waals surface area contributed by atoms with Gasteiger partial charge in [-0.25, -0.2) is 17.5 Å². The summed E-state index contributed by atoms with van der Waals surface area (Å²) >= 11 is 2.90. The monoisotopic (exact) mass is 267 g/mol. The topological polar surface area (TPSA) is 46.2 Å². The molecule has 0 saturated carbocycles. The SMILES string of the molecule is CNS(=O)(=O)c1ccc(F)c(Br)c1. The fraction of sp³-hybridized carbons (Fsp3) is 0.143. The summed E-state index contributed by atoms with van der Waals surface area (Å²) in [6.07, 6.45) is 0. The predicted molar refractivity (Wildman–Crippen MR) is 50.3 cm³/mol. The Morgan fingerprint density at radius 2 is 2.08 bits per heavy atom. The van der Waals surface area contributed by atoms with Gasteiger partial charge in [0.2, 0.25) is 10.0 Å². The molecule has 1 N–H and O–H groups in total. The van der Waals surface area contributed by atoms with E-state index in [1.165, 1.54) is 19.2 Å². The summed E-state index contributed by atoms with van der Waals surface area (Å²) in [6.45, 7) is 0. The lowest BCUT2D eigenvalue weighted by molar-refractivity contribution is 0.586. The molecule has 0 radical (unpaired) electrons. The molecule has 0 aromatic heterocycles. The summed E-state index contributed by atoms with van der Waals surface area (Å²) in [5.41, 5.74) is 0. The van der Waals surface area contributed by atoms with Gasteiger partial charge in [-0.15, -0.1) is 0 Å². The van der Waals surface area contributed by atoms with Gasteiger partial charge in [-0.05, 0) is 41.2 Å². The van der Waals surface area contributed by atoms with Gasteiger partial charge in [0.1, 0.15) is 5.82 Å². The van der Waals surface area contributed by atoms with Crippen molar-refractivity contribution in [3.05, 3.63) is 28.5 Å². The van der Waals surface area contributed by atoms with E-state index in [-0.39, 0.29) is 9.37 Å². The molecule has 0 aliphatic carbocycles. The highest BCUT2D eigenvalue weighted by Gasteiger charge is 2.12. The molecule has 1 aromatic rings. The normalized spacial score (nSPS) is 11.6. The maximum Gasteiger partial charge on any atom is 0.240 e. The predicted octanol–water partition coefficient (Wildman–Crippen LogP) is 1.50. The first-order valence-electron chi connectivity index (χ1n) is 3.36. The van der Waals surface area contributed by atoms with Crippen LogP contribution in [0.2, 0.25) is 0 Å². The third-order valence-electron chi connectivity index (χ3n) is 1.47. The Kier molecular flexibility index (Phi) is 3.05. The van der Waals surface area contributed by atoms with E-state index in [9.17, 15) is 12.8 Å². The molecule has 1 aromatic carbocycles. The van der Waals surface area contributed by atoms with Crippen molar-refractivity contribution in [3.8, 4) is 0 Å². The van der Waals surface area contributed by atoms with E-state index < -0.39 is 15.8 Å². The van der Waals surface area contributed by atoms with Gasteiger partial charge in [0.25, 0.3) is 0 Å². The summed E-state index contributed by atoms with van der Waals surface area (Å²) in [5.74, 6) is -0.491. The number of sulfonamides is 1. The Morgan fingerprint density at radius 1 is 1.46 bits per heavy atom. The molecule has 13 heavy (non-hydrogen) atoms. The van der Waals surface area contributed by atoms with Crippen molar-refractivity contribution in [2.45, 2.75) is 4.90 Å². The Morgan fingerprint density at radius 3 is 2.54 bits per heavy atom. The number of hydrogen-bond donors (Lipinski definition) is 1. The molecule has 0 heterocycles. The van der Waals surface area contributed by atoms with Gasteiger partial charge in [-0.2, -0.15) is 0 Å². The van der Waals surface area contributed by atoms with Gasteiger partial charge in [0.15, 0.2) is 0 Å². The summed E-state index contributed by atoms with van der Waals surface area (Å²) < 4.78 is 37.4. The van der Waals surface area contributed by atoms with Crippen molar-refractivity contribution >= 4 is 26.0 Å². The highest BCUT2D eigenvalue weighted by molar-refractivity contribution is 9.10. The molecule has 0 spiro atoms. The van der Waals surface area contributed by atoms with Crippen LogP contribution in [0.25, 0.3) is 0 Å². The number of hydrogen-bond acceptors (Lipinski definition) is 2. The fourth-order valence-corrected chi connectivity index (χ4v) is 2.05. The van der Waals surface area contributed by atoms with Crippen LogP contribution in [0.4, 0.5) is 4.39 Å². The number of benzene rings is 1. The van der Waals surface area contributed by atoms with Gasteiger partial charge in [-0.3, -0.25) is 0 Å². The minimum Gasteiger partial charge on any atom is -0.214 e. The van der Waals surface area contributed by atoms with Crippen LogP contribution in [0, 0.1) is 5.82 Å². The van der Waals surface area contributed by atoms with Crippen molar-refractivity contribution in [2.75, 3.05) is 7.05 Å². The Bertz CT molecular complexity index is 419. The van der Waals surface area contributed by atoms with Gasteiger partial charge in [0, 0.05) is 0 Å². The minimum absolute atomic E-state index is 0.0308. The van der Waals surface area contributed by atoms with Crippen LogP contribution >= 0.6 is 15.9 Å². The smallest absolute Gasteiger partial charge is 0.214 e. The molecule has 0 aliphatic rings. The first-order chi connectivity index (χ1) is 5.97. The van der Waals surface area contributed by atoms with Crippen LogP contribution in [0.15, 0.2) is 27.6 Å². The fourth-order valence-electron chi connectivity index (χ4n) is 0.762. The van der Waals surface area contributed by atoms with Crippen LogP contribution in [-0.4, -0.2) is 15.5 Å². The van der Waals surface area contributed by atoms with Crippen molar-refractivity contribution < 1.29 is 12.8 Å². The highest BCUT2D eigenvalue weighted by atomic mass is 79.9. The van der Waals surface area contributed by atoms with E-state index >= 15 is 0 Å². The summed E-state index contributed by atoms with van der Waals surface area (Å²) in [6, 6.07) is 3.50. The average molecular weight is 268 g/mol. The van der Waals surface area contributed by atoms with Gasteiger partial charge in [-0.1, -0.05) is 0 Å². The molecule has 6 heteroatoms. The maximum absolute atomic E-state index is 12.7. The van der Waals surface area contributed by atoms with Crippen molar-refractivity contribution in [1.29, 1.82) is 0 Å². The number of rotatable bonds is 2. The largest absolute Gasteiger partial charge is 0.240 e. The molecule has 0 amide bonds. The second-order valence-corrected chi connectivity index (χ2v) is 5.02. The molecule has 0 fully saturated rings. The first kappa shape index (κ1) is 10.6. The van der Waals surface area contributed by atoms with Crippen LogP contribution in [-0.2, 0) is 10.0 Å². The highest BCUT2D eigenvalue weighted by Crippen LogP contribution is 2.19. The van der Waals surface area contributed by atoms with Crippen LogP contribution in [0.5, 0.6) is 0 Å². The standard InChI is InChI=1S/C7H7BrFNO2S/c1-10-13(11,12)5-2-3-7(9)6(8)4-5/h2-4,10H,1H3. The molecule has 0 atom stereocenters. The second kappa shape index (κ2) is 3.73. The van der Waals surface area contributed by atoms with Crippen LogP contribution in [0.1, 0.15) is 0 Å². The van der Waals surface area contributed by atoms with E-state index in [1.807, 2.05) is 0 Å². The second-order valence-electron chi connectivity index (χ2n) is 2.28. The summed E-state index contributed by atoms with van der Waals surface area (Å²) in [4.78, 5) is 0.0308. The minimum atomic E-state index is -3.48. The van der Waals surface area contributed by atoms with E-state index in [0.29, 0.717) is 0 Å². The molecule has 0 bridgehead atoms. The maximum atomic E-state index is 12.7. The lowest BCUT2D eigenvalue weighted by atomic mass is 10.3. The molecular weight excluding hydrogens is 261 g/mol. The third kappa shape index (κ3) is 2.26. The third-order valence-corrected chi connectivity index (χ3v) is 3.49. The van der Waals surface area contributed by atoms with E-state index in [2.05, 4.69) is 20.7 Å². The van der Waals surface area contributed by atoms with Gasteiger partial charge >= 0.3 is 0 Å². The molecule has 1 rings (SSSR count). The molecule has 3 nitrogen and oxygen atoms in total. The van der Waals surface area contributed by atoms with Crippen molar-refractivity contribution in [2.24, 2.45) is 0 Å². The van der Waals surface area contributed by atoms with Crippen LogP contribution < -0.4 is 4.72 Å². The molecule has 0 unspecified atom stereocenters. The zero-order chi connectivity index (χ0) is 10.1. The lowest BCUT2D eigenvalue weighted by Gasteiger charge is -2.02. The van der Waals surface area contributed by atoms with E-state index in [4.69, 9.17) is 0 Å².